The summed E-state index contributed by atoms with van der Waals surface area (Å²) in [4.78, 5) is 20.3. The number of aromatic nitrogens is 1. The highest BCUT2D eigenvalue weighted by Gasteiger charge is 2.21. The van der Waals surface area contributed by atoms with Crippen LogP contribution in [-0.4, -0.2) is 54.7 Å². The summed E-state index contributed by atoms with van der Waals surface area (Å²) in [5.74, 6) is 0.126. The largest absolute Gasteiger partial charge is 0.478 e. The molecule has 0 aromatic carbocycles. The van der Waals surface area contributed by atoms with E-state index in [4.69, 9.17) is 0 Å². The van der Waals surface area contributed by atoms with Gasteiger partial charge in [0.2, 0.25) is 0 Å². The minimum absolute atomic E-state index is 0.319. The molecule has 0 fully saturated rings. The number of rotatable bonds is 7. The van der Waals surface area contributed by atoms with Gasteiger partial charge in [0, 0.05) is 25.3 Å². The van der Waals surface area contributed by atoms with Crippen LogP contribution in [0.4, 0.5) is 5.82 Å². The number of carboxylic acid groups (broad SMARTS) is 1. The highest BCUT2D eigenvalue weighted by Crippen LogP contribution is 2.23. The van der Waals surface area contributed by atoms with Crippen LogP contribution in [0.25, 0.3) is 0 Å². The van der Waals surface area contributed by atoms with Crippen LogP contribution in [0.15, 0.2) is 6.07 Å². The minimum atomic E-state index is -0.909. The first-order chi connectivity index (χ1) is 9.72. The number of hydrogen-bond donors (Lipinski definition) is 1. The molecule has 0 aliphatic heterocycles. The van der Waals surface area contributed by atoms with Gasteiger partial charge in [0.05, 0.1) is 0 Å². The van der Waals surface area contributed by atoms with E-state index in [0.29, 0.717) is 17.3 Å². The Kier molecular flexibility index (Phi) is 6.15. The third-order valence-electron chi connectivity index (χ3n) is 3.24. The van der Waals surface area contributed by atoms with Crippen molar-refractivity contribution in [3.05, 3.63) is 22.9 Å². The fraction of sp³-hybridized carbons (Fsp3) is 0.625. The molecule has 0 amide bonds. The number of carbonyl (C=O) groups is 1. The number of anilines is 1. The summed E-state index contributed by atoms with van der Waals surface area (Å²) in [6, 6.07) is 1.83. The van der Waals surface area contributed by atoms with E-state index in [-0.39, 0.29) is 0 Å². The maximum Gasteiger partial charge on any atom is 0.339 e. The van der Waals surface area contributed by atoms with Crippen molar-refractivity contribution >= 4 is 11.8 Å². The molecule has 118 valence electrons. The molecule has 0 saturated heterocycles. The number of aromatic carboxylic acids is 1. The molecule has 1 aromatic rings. The molecule has 0 radical (unpaired) electrons. The molecule has 5 heteroatoms. The summed E-state index contributed by atoms with van der Waals surface area (Å²) in [6.07, 6.45) is 0. The lowest BCUT2D eigenvalue weighted by Crippen LogP contribution is -2.36. The van der Waals surface area contributed by atoms with Gasteiger partial charge in [0.15, 0.2) is 0 Å². The zero-order valence-electron chi connectivity index (χ0n) is 14.0. The summed E-state index contributed by atoms with van der Waals surface area (Å²) in [5, 5.41) is 9.52. The molecule has 21 heavy (non-hydrogen) atoms. The summed E-state index contributed by atoms with van der Waals surface area (Å²) in [6.45, 7) is 10.4. The molecule has 0 unspecified atom stereocenters. The maximum absolute atomic E-state index is 11.6. The van der Waals surface area contributed by atoms with Crippen molar-refractivity contribution in [2.75, 3.05) is 38.6 Å². The van der Waals surface area contributed by atoms with Gasteiger partial charge < -0.3 is 14.9 Å². The van der Waals surface area contributed by atoms with Gasteiger partial charge in [-0.1, -0.05) is 13.8 Å². The number of likely N-dealkylation sites (N-methyl/N-ethyl adjacent to an activating group) is 1. The predicted molar refractivity (Wildman–Crippen MR) is 86.3 cm³/mol. The Morgan fingerprint density at radius 2 is 1.90 bits per heavy atom. The van der Waals surface area contributed by atoms with Crippen LogP contribution < -0.4 is 4.90 Å². The predicted octanol–water partition coefficient (Wildman–Crippen LogP) is 2.42. The first-order valence-corrected chi connectivity index (χ1v) is 7.33. The average Bonchev–Trinajstić information content (AvgIpc) is 2.32. The van der Waals surface area contributed by atoms with E-state index >= 15 is 0 Å². The zero-order chi connectivity index (χ0) is 16.2. The second kappa shape index (κ2) is 7.41. The van der Waals surface area contributed by atoms with Crippen LogP contribution in [0.1, 0.15) is 35.5 Å². The Labute approximate surface area is 127 Å². The molecule has 1 heterocycles. The maximum atomic E-state index is 11.6. The van der Waals surface area contributed by atoms with Crippen molar-refractivity contribution in [3.8, 4) is 0 Å². The smallest absolute Gasteiger partial charge is 0.339 e. The van der Waals surface area contributed by atoms with Crippen molar-refractivity contribution in [2.45, 2.75) is 27.7 Å². The van der Waals surface area contributed by atoms with Crippen molar-refractivity contribution in [2.24, 2.45) is 5.92 Å². The van der Waals surface area contributed by atoms with E-state index in [9.17, 15) is 9.90 Å². The molecule has 0 bridgehead atoms. The van der Waals surface area contributed by atoms with Crippen LogP contribution in [0.3, 0.4) is 0 Å². The van der Waals surface area contributed by atoms with E-state index in [1.54, 1.807) is 0 Å². The first-order valence-electron chi connectivity index (χ1n) is 7.33. The molecule has 0 spiro atoms. The Balaban J connectivity index is 3.24. The van der Waals surface area contributed by atoms with Crippen LogP contribution >= 0.6 is 0 Å². The van der Waals surface area contributed by atoms with Crippen LogP contribution in [0.2, 0.25) is 0 Å². The number of hydrogen-bond acceptors (Lipinski definition) is 4. The minimum Gasteiger partial charge on any atom is -0.478 e. The number of carboxylic acids is 1. The number of aryl methyl sites for hydroxylation is 2. The van der Waals surface area contributed by atoms with Crippen molar-refractivity contribution in [3.63, 3.8) is 0 Å². The lowest BCUT2D eigenvalue weighted by Gasteiger charge is -2.29. The third kappa shape index (κ3) is 5.01. The highest BCUT2D eigenvalue weighted by molar-refractivity contribution is 5.95. The Morgan fingerprint density at radius 3 is 2.38 bits per heavy atom. The molecular weight excluding hydrogens is 266 g/mol. The number of pyridine rings is 1. The lowest BCUT2D eigenvalue weighted by atomic mass is 10.1. The number of nitrogens with zero attached hydrogens (tertiary/aromatic N) is 3. The van der Waals surface area contributed by atoms with Crippen LogP contribution in [0, 0.1) is 19.8 Å². The summed E-state index contributed by atoms with van der Waals surface area (Å²) in [5.41, 5.74) is 1.94. The van der Waals surface area contributed by atoms with Crippen LogP contribution in [0.5, 0.6) is 0 Å². The SMILES string of the molecule is Cc1cc(C)c(C(=O)O)c(N(CCN(C)C)CC(C)C)n1. The quantitative estimate of drug-likeness (QED) is 0.836. The van der Waals surface area contributed by atoms with Gasteiger partial charge in [-0.2, -0.15) is 0 Å². The van der Waals surface area contributed by atoms with E-state index in [0.717, 1.165) is 30.9 Å². The molecule has 0 atom stereocenters. The monoisotopic (exact) mass is 293 g/mol. The second-order valence-electron chi connectivity index (χ2n) is 6.23. The first kappa shape index (κ1) is 17.4. The van der Waals surface area contributed by atoms with Crippen LogP contribution in [-0.2, 0) is 0 Å². The van der Waals surface area contributed by atoms with Gasteiger partial charge >= 0.3 is 5.97 Å². The fourth-order valence-corrected chi connectivity index (χ4v) is 2.36. The highest BCUT2D eigenvalue weighted by atomic mass is 16.4. The van der Waals surface area contributed by atoms with E-state index in [1.807, 2.05) is 34.0 Å². The topological polar surface area (TPSA) is 56.7 Å². The molecular formula is C16H27N3O2. The molecule has 0 aliphatic rings. The lowest BCUT2D eigenvalue weighted by molar-refractivity contribution is 0.0696. The third-order valence-corrected chi connectivity index (χ3v) is 3.24. The van der Waals surface area contributed by atoms with Crippen molar-refractivity contribution in [1.82, 2.24) is 9.88 Å². The average molecular weight is 293 g/mol. The van der Waals surface area contributed by atoms with E-state index < -0.39 is 5.97 Å². The van der Waals surface area contributed by atoms with Gasteiger partial charge in [0.1, 0.15) is 11.4 Å². The Hall–Kier alpha value is -1.62. The second-order valence-corrected chi connectivity index (χ2v) is 6.23. The molecule has 5 nitrogen and oxygen atoms in total. The molecule has 0 aliphatic carbocycles. The van der Waals surface area contributed by atoms with Gasteiger partial charge in [-0.05, 0) is 45.5 Å². The summed E-state index contributed by atoms with van der Waals surface area (Å²) >= 11 is 0. The normalized spacial score (nSPS) is 11.2. The molecule has 1 N–H and O–H groups in total. The van der Waals surface area contributed by atoms with Gasteiger partial charge in [-0.15, -0.1) is 0 Å². The van der Waals surface area contributed by atoms with Crippen molar-refractivity contribution < 1.29 is 9.90 Å². The summed E-state index contributed by atoms with van der Waals surface area (Å²) in [7, 11) is 4.03. The molecule has 1 aromatic heterocycles. The molecule has 0 saturated carbocycles. The Morgan fingerprint density at radius 1 is 1.29 bits per heavy atom. The Bertz CT molecular complexity index is 499. The summed E-state index contributed by atoms with van der Waals surface area (Å²) < 4.78 is 0. The standard InChI is InChI=1S/C16H27N3O2/c1-11(2)10-19(8-7-18(5)6)15-14(16(20)21)12(3)9-13(4)17-15/h9,11H,7-8,10H2,1-6H3,(H,20,21). The van der Waals surface area contributed by atoms with E-state index in [1.165, 1.54) is 0 Å². The molecule has 1 rings (SSSR count). The van der Waals surface area contributed by atoms with Gasteiger partial charge in [-0.3, -0.25) is 0 Å². The van der Waals surface area contributed by atoms with Gasteiger partial charge in [0.25, 0.3) is 0 Å². The van der Waals surface area contributed by atoms with E-state index in [2.05, 4.69) is 28.6 Å². The fourth-order valence-electron chi connectivity index (χ4n) is 2.36. The van der Waals surface area contributed by atoms with Gasteiger partial charge in [-0.25, -0.2) is 9.78 Å². The van der Waals surface area contributed by atoms with Crippen molar-refractivity contribution in [1.29, 1.82) is 0 Å². The zero-order valence-corrected chi connectivity index (χ0v) is 14.0.